The topological polar surface area (TPSA) is 80.0 Å². The van der Waals surface area contributed by atoms with E-state index in [2.05, 4.69) is 32.0 Å². The Kier molecular flexibility index (Phi) is 3.12. The van der Waals surface area contributed by atoms with Crippen molar-refractivity contribution in [3.8, 4) is 17.3 Å². The quantitative estimate of drug-likeness (QED) is 0.734. The Morgan fingerprint density at radius 1 is 1.30 bits per heavy atom. The molecular weight excluding hydrogens is 318 g/mol. The van der Waals surface area contributed by atoms with Gasteiger partial charge >= 0.3 is 0 Å². The van der Waals surface area contributed by atoms with Crippen molar-refractivity contribution in [1.29, 1.82) is 5.26 Å². The number of halogens is 1. The lowest BCUT2D eigenvalue weighted by Crippen LogP contribution is -2.01. The first-order valence-corrected chi connectivity index (χ1v) is 7.04. The molecule has 0 unspecified atom stereocenters. The first-order valence-electron chi connectivity index (χ1n) is 5.92. The Labute approximate surface area is 123 Å². The number of alkyl halides is 1. The van der Waals surface area contributed by atoms with E-state index in [1.807, 2.05) is 24.4 Å². The zero-order valence-electron chi connectivity index (χ0n) is 10.4. The predicted octanol–water partition coefficient (Wildman–Crippen LogP) is 2.75. The number of aromatic nitrogens is 3. The van der Waals surface area contributed by atoms with Crippen molar-refractivity contribution >= 4 is 27.5 Å². The molecule has 3 aromatic rings. The highest BCUT2D eigenvalue weighted by Gasteiger charge is 2.08. The molecule has 0 radical (unpaired) electrons. The zero-order chi connectivity index (χ0) is 14.1. The highest BCUT2D eigenvalue weighted by molar-refractivity contribution is 9.08. The summed E-state index contributed by atoms with van der Waals surface area (Å²) in [7, 11) is 0. The van der Waals surface area contributed by atoms with Crippen LogP contribution in [0.25, 0.3) is 16.9 Å². The summed E-state index contributed by atoms with van der Waals surface area (Å²) in [6.45, 7) is 0. The molecule has 0 aliphatic carbocycles. The van der Waals surface area contributed by atoms with Gasteiger partial charge in [-0.2, -0.15) is 5.26 Å². The van der Waals surface area contributed by atoms with Crippen molar-refractivity contribution in [1.82, 2.24) is 14.4 Å². The molecule has 0 amide bonds. The van der Waals surface area contributed by atoms with Gasteiger partial charge in [0.1, 0.15) is 5.65 Å². The summed E-state index contributed by atoms with van der Waals surface area (Å²) in [5, 5.41) is 9.61. The van der Waals surface area contributed by atoms with E-state index in [1.54, 1.807) is 16.5 Å². The van der Waals surface area contributed by atoms with Crippen LogP contribution in [0.4, 0.5) is 5.95 Å². The number of hydrogen-bond acceptors (Lipinski definition) is 4. The van der Waals surface area contributed by atoms with E-state index in [0.29, 0.717) is 22.5 Å². The molecular formula is C14H10BrN5. The van der Waals surface area contributed by atoms with E-state index in [9.17, 15) is 0 Å². The smallest absolute Gasteiger partial charge is 0.206 e. The molecule has 3 rings (SSSR count). The van der Waals surface area contributed by atoms with Gasteiger partial charge in [0, 0.05) is 23.2 Å². The highest BCUT2D eigenvalue weighted by atomic mass is 79.9. The number of nitrogens with zero attached hydrogens (tertiary/aromatic N) is 4. The molecule has 2 aromatic heterocycles. The Bertz CT molecular complexity index is 831. The van der Waals surface area contributed by atoms with Crippen LogP contribution in [0.15, 0.2) is 36.5 Å². The molecule has 0 bridgehead atoms. The number of rotatable bonds is 2. The fraction of sp³-hybridized carbons (Fsp3) is 0.0714. The number of benzene rings is 1. The van der Waals surface area contributed by atoms with E-state index < -0.39 is 0 Å². The maximum atomic E-state index is 8.95. The minimum Gasteiger partial charge on any atom is -0.369 e. The van der Waals surface area contributed by atoms with Gasteiger partial charge in [-0.15, -0.1) is 0 Å². The molecule has 0 aliphatic rings. The van der Waals surface area contributed by atoms with Crippen molar-refractivity contribution in [3.63, 3.8) is 0 Å². The summed E-state index contributed by atoms with van der Waals surface area (Å²) in [6, 6.07) is 11.2. The monoisotopic (exact) mass is 327 g/mol. The highest BCUT2D eigenvalue weighted by Crippen LogP contribution is 2.22. The van der Waals surface area contributed by atoms with Crippen LogP contribution in [0.1, 0.15) is 11.3 Å². The summed E-state index contributed by atoms with van der Waals surface area (Å²) in [6.07, 6.45) is 1.85. The van der Waals surface area contributed by atoms with Crippen LogP contribution in [0.3, 0.4) is 0 Å². The van der Waals surface area contributed by atoms with E-state index in [4.69, 9.17) is 11.0 Å². The van der Waals surface area contributed by atoms with Crippen molar-refractivity contribution in [2.75, 3.05) is 5.73 Å². The molecule has 0 spiro atoms. The fourth-order valence-electron chi connectivity index (χ4n) is 2.02. The van der Waals surface area contributed by atoms with Gasteiger partial charge in [0.25, 0.3) is 0 Å². The van der Waals surface area contributed by atoms with Gasteiger partial charge < -0.3 is 5.73 Å². The van der Waals surface area contributed by atoms with E-state index >= 15 is 0 Å². The second-order valence-electron chi connectivity index (χ2n) is 4.29. The van der Waals surface area contributed by atoms with Crippen LogP contribution < -0.4 is 5.73 Å². The van der Waals surface area contributed by atoms with Crippen LogP contribution in [0.5, 0.6) is 0 Å². The first kappa shape index (κ1) is 12.6. The second-order valence-corrected chi connectivity index (χ2v) is 4.85. The SMILES string of the molecule is N#Cc1cccc(-c2cc3nc(CBr)cn3c(N)n2)c1. The van der Waals surface area contributed by atoms with Gasteiger partial charge in [0.2, 0.25) is 5.95 Å². The number of nitrogens with two attached hydrogens (primary N) is 1. The lowest BCUT2D eigenvalue weighted by Gasteiger charge is -2.04. The van der Waals surface area contributed by atoms with Crippen LogP contribution in [0, 0.1) is 11.3 Å². The molecule has 0 atom stereocenters. The van der Waals surface area contributed by atoms with Crippen molar-refractivity contribution in [3.05, 3.63) is 47.8 Å². The summed E-state index contributed by atoms with van der Waals surface area (Å²) in [5.74, 6) is 0.375. The average Bonchev–Trinajstić information content (AvgIpc) is 2.91. The minimum absolute atomic E-state index is 0.375. The molecule has 5 nitrogen and oxygen atoms in total. The van der Waals surface area contributed by atoms with Gasteiger partial charge in [-0.25, -0.2) is 9.97 Å². The Balaban J connectivity index is 2.19. The average molecular weight is 328 g/mol. The molecule has 0 saturated heterocycles. The van der Waals surface area contributed by atoms with Crippen LogP contribution >= 0.6 is 15.9 Å². The summed E-state index contributed by atoms with van der Waals surface area (Å²) in [4.78, 5) is 8.82. The lowest BCUT2D eigenvalue weighted by atomic mass is 10.1. The van der Waals surface area contributed by atoms with Crippen LogP contribution in [0.2, 0.25) is 0 Å². The molecule has 2 N–H and O–H groups in total. The third-order valence-electron chi connectivity index (χ3n) is 2.96. The number of nitrogen functional groups attached to an aromatic ring is 1. The van der Waals surface area contributed by atoms with E-state index in [-0.39, 0.29) is 0 Å². The lowest BCUT2D eigenvalue weighted by molar-refractivity contribution is 1.11. The second kappa shape index (κ2) is 4.94. The molecule has 1 aromatic carbocycles. The number of fused-ring (bicyclic) bond motifs is 1. The maximum Gasteiger partial charge on any atom is 0.206 e. The third kappa shape index (κ3) is 2.12. The normalized spacial score (nSPS) is 10.6. The van der Waals surface area contributed by atoms with Gasteiger partial charge in [-0.05, 0) is 12.1 Å². The largest absolute Gasteiger partial charge is 0.369 e. The van der Waals surface area contributed by atoms with Crippen molar-refractivity contribution in [2.24, 2.45) is 0 Å². The Hall–Kier alpha value is -2.39. The van der Waals surface area contributed by atoms with Gasteiger partial charge in [-0.1, -0.05) is 28.1 Å². The molecule has 0 aliphatic heterocycles. The molecule has 98 valence electrons. The van der Waals surface area contributed by atoms with E-state index in [0.717, 1.165) is 16.9 Å². The number of hydrogen-bond donors (Lipinski definition) is 1. The number of anilines is 1. The first-order chi connectivity index (χ1) is 9.71. The van der Waals surface area contributed by atoms with Crippen LogP contribution in [-0.4, -0.2) is 14.4 Å². The Morgan fingerprint density at radius 3 is 2.90 bits per heavy atom. The fourth-order valence-corrected chi connectivity index (χ4v) is 2.29. The molecule has 0 fully saturated rings. The van der Waals surface area contributed by atoms with E-state index in [1.165, 1.54) is 0 Å². The van der Waals surface area contributed by atoms with Gasteiger partial charge in [0.15, 0.2) is 0 Å². The van der Waals surface area contributed by atoms with Crippen molar-refractivity contribution in [2.45, 2.75) is 5.33 Å². The standard InChI is InChI=1S/C14H10BrN5/c15-6-11-8-20-13(18-11)5-12(19-14(20)17)10-3-1-2-9(4-10)7-16/h1-5,8H,6H2,(H2,17,19). The van der Waals surface area contributed by atoms with Gasteiger partial charge in [-0.3, -0.25) is 4.40 Å². The Morgan fingerprint density at radius 2 is 2.15 bits per heavy atom. The maximum absolute atomic E-state index is 8.95. The predicted molar refractivity (Wildman–Crippen MR) is 80.2 cm³/mol. The third-order valence-corrected chi connectivity index (χ3v) is 3.53. The molecule has 0 saturated carbocycles. The summed E-state index contributed by atoms with van der Waals surface area (Å²) in [5.41, 5.74) is 9.74. The number of nitriles is 1. The summed E-state index contributed by atoms with van der Waals surface area (Å²) < 4.78 is 1.74. The summed E-state index contributed by atoms with van der Waals surface area (Å²) >= 11 is 3.37. The molecule has 2 heterocycles. The van der Waals surface area contributed by atoms with Gasteiger partial charge in [0.05, 0.1) is 23.0 Å². The minimum atomic E-state index is 0.375. The molecule has 20 heavy (non-hydrogen) atoms. The van der Waals surface area contributed by atoms with Crippen molar-refractivity contribution < 1.29 is 0 Å². The van der Waals surface area contributed by atoms with Crippen LogP contribution in [-0.2, 0) is 5.33 Å². The molecule has 6 heteroatoms. The zero-order valence-corrected chi connectivity index (χ0v) is 12.0. The number of imidazole rings is 1.